The van der Waals surface area contributed by atoms with Crippen LogP contribution in [0.25, 0.3) is 0 Å². The van der Waals surface area contributed by atoms with Crippen molar-refractivity contribution in [2.24, 2.45) is 0 Å². The number of nitrogens with zero attached hydrogens (tertiary/aromatic N) is 2. The van der Waals surface area contributed by atoms with Crippen molar-refractivity contribution < 1.29 is 9.53 Å². The fraction of sp³-hybridized carbons (Fsp3) is 0.647. The van der Waals surface area contributed by atoms with Gasteiger partial charge in [0.15, 0.2) is 0 Å². The number of hydrogen-bond acceptors (Lipinski definition) is 4. The first-order valence-corrected chi connectivity index (χ1v) is 9.45. The summed E-state index contributed by atoms with van der Waals surface area (Å²) in [7, 11) is 0. The normalized spacial score (nSPS) is 25.2. The van der Waals surface area contributed by atoms with Gasteiger partial charge in [0.25, 0.3) is 5.91 Å². The zero-order valence-electron chi connectivity index (χ0n) is 13.2. The molecule has 4 nitrogen and oxygen atoms in total. The quantitative estimate of drug-likeness (QED) is 0.853. The summed E-state index contributed by atoms with van der Waals surface area (Å²) in [5.74, 6) is 2.94. The van der Waals surface area contributed by atoms with Crippen molar-refractivity contribution >= 4 is 17.7 Å². The number of carbonyl (C=O) groups is 1. The number of carbonyl (C=O) groups excluding carboxylic acids is 1. The van der Waals surface area contributed by atoms with Crippen LogP contribution >= 0.6 is 11.8 Å². The van der Waals surface area contributed by atoms with E-state index in [-0.39, 0.29) is 12.0 Å². The Kier molecular flexibility index (Phi) is 5.24. The van der Waals surface area contributed by atoms with E-state index in [9.17, 15) is 4.79 Å². The molecule has 2 aliphatic rings. The molecule has 2 aliphatic heterocycles. The average molecular weight is 320 g/mol. The number of pyridine rings is 1. The van der Waals surface area contributed by atoms with Crippen molar-refractivity contribution in [3.63, 3.8) is 0 Å². The Morgan fingerprint density at radius 1 is 1.41 bits per heavy atom. The second-order valence-corrected chi connectivity index (χ2v) is 7.19. The predicted molar refractivity (Wildman–Crippen MR) is 89.6 cm³/mol. The molecule has 2 atom stereocenters. The lowest BCUT2D eigenvalue weighted by atomic mass is 9.99. The molecule has 0 saturated carbocycles. The molecule has 2 fully saturated rings. The Balaban J connectivity index is 1.64. The molecule has 0 spiro atoms. The van der Waals surface area contributed by atoms with Crippen LogP contribution < -0.4 is 4.74 Å². The largest absolute Gasteiger partial charge is 0.473 e. The third-order valence-electron chi connectivity index (χ3n) is 4.52. The molecule has 2 unspecified atom stereocenters. The molecule has 5 heteroatoms. The van der Waals surface area contributed by atoms with Gasteiger partial charge in [0, 0.05) is 30.6 Å². The van der Waals surface area contributed by atoms with Crippen molar-refractivity contribution in [2.75, 3.05) is 18.1 Å². The van der Waals surface area contributed by atoms with E-state index in [0.717, 1.165) is 43.7 Å². The van der Waals surface area contributed by atoms with E-state index in [1.807, 2.05) is 28.8 Å². The first-order chi connectivity index (χ1) is 10.8. The lowest BCUT2D eigenvalue weighted by Gasteiger charge is -2.35. The lowest BCUT2D eigenvalue weighted by molar-refractivity contribution is 0.0607. The second-order valence-electron chi connectivity index (χ2n) is 6.04. The summed E-state index contributed by atoms with van der Waals surface area (Å²) in [6.45, 7) is 3.03. The lowest BCUT2D eigenvalue weighted by Crippen LogP contribution is -2.43. The Labute approximate surface area is 136 Å². The number of amides is 1. The van der Waals surface area contributed by atoms with Gasteiger partial charge >= 0.3 is 0 Å². The molecule has 3 rings (SSSR count). The van der Waals surface area contributed by atoms with Crippen LogP contribution in [0.2, 0.25) is 0 Å². The predicted octanol–water partition coefficient (Wildman–Crippen LogP) is 3.37. The minimum Gasteiger partial charge on any atom is -0.473 e. The minimum absolute atomic E-state index is 0.113. The van der Waals surface area contributed by atoms with Gasteiger partial charge in [-0.15, -0.1) is 0 Å². The van der Waals surface area contributed by atoms with E-state index in [0.29, 0.717) is 17.5 Å². The fourth-order valence-electron chi connectivity index (χ4n) is 3.21. The maximum atomic E-state index is 12.7. The molecular weight excluding hydrogens is 296 g/mol. The molecule has 120 valence electrons. The van der Waals surface area contributed by atoms with Crippen LogP contribution in [0.3, 0.4) is 0 Å². The summed E-state index contributed by atoms with van der Waals surface area (Å²) >= 11 is 1.92. The molecule has 1 amide bonds. The van der Waals surface area contributed by atoms with E-state index in [1.165, 1.54) is 6.42 Å². The molecule has 1 aromatic heterocycles. The summed E-state index contributed by atoms with van der Waals surface area (Å²) in [6.07, 6.45) is 7.50. The van der Waals surface area contributed by atoms with Gasteiger partial charge in [-0.2, -0.15) is 11.8 Å². The van der Waals surface area contributed by atoms with Gasteiger partial charge in [0.1, 0.15) is 6.10 Å². The summed E-state index contributed by atoms with van der Waals surface area (Å²) in [4.78, 5) is 19.0. The van der Waals surface area contributed by atoms with Gasteiger partial charge < -0.3 is 9.64 Å². The van der Waals surface area contributed by atoms with Crippen molar-refractivity contribution in [3.05, 3.63) is 23.9 Å². The summed E-state index contributed by atoms with van der Waals surface area (Å²) in [5, 5.41) is 0. The Hall–Kier alpha value is -1.23. The zero-order chi connectivity index (χ0) is 15.4. The number of likely N-dealkylation sites (tertiary alicyclic amines) is 1. The van der Waals surface area contributed by atoms with Gasteiger partial charge in [-0.05, 0) is 43.9 Å². The van der Waals surface area contributed by atoms with Crippen LogP contribution in [0.4, 0.5) is 0 Å². The SMILES string of the molecule is CCC1CCCCN1C(=O)c1ccc(OC2CCSC2)nc1. The Bertz CT molecular complexity index is 500. The first kappa shape index (κ1) is 15.7. The van der Waals surface area contributed by atoms with Gasteiger partial charge in [0.2, 0.25) is 5.88 Å². The van der Waals surface area contributed by atoms with Crippen LogP contribution in [0.1, 0.15) is 49.4 Å². The summed E-state index contributed by atoms with van der Waals surface area (Å²) in [6, 6.07) is 4.07. The molecule has 3 heterocycles. The number of thioether (sulfide) groups is 1. The fourth-order valence-corrected chi connectivity index (χ4v) is 4.31. The third-order valence-corrected chi connectivity index (χ3v) is 5.65. The number of aromatic nitrogens is 1. The van der Waals surface area contributed by atoms with Crippen LogP contribution in [-0.2, 0) is 0 Å². The number of rotatable bonds is 4. The van der Waals surface area contributed by atoms with Crippen molar-refractivity contribution in [3.8, 4) is 5.88 Å². The summed E-state index contributed by atoms with van der Waals surface area (Å²) < 4.78 is 5.84. The van der Waals surface area contributed by atoms with Crippen LogP contribution in [0, 0.1) is 0 Å². The number of piperidine rings is 1. The molecule has 0 radical (unpaired) electrons. The Morgan fingerprint density at radius 2 is 2.32 bits per heavy atom. The first-order valence-electron chi connectivity index (χ1n) is 8.29. The van der Waals surface area contributed by atoms with Gasteiger partial charge in [0.05, 0.1) is 5.56 Å². The highest BCUT2D eigenvalue weighted by Gasteiger charge is 2.26. The second kappa shape index (κ2) is 7.36. The highest BCUT2D eigenvalue weighted by Crippen LogP contribution is 2.24. The van der Waals surface area contributed by atoms with E-state index in [2.05, 4.69) is 11.9 Å². The average Bonchev–Trinajstić information content (AvgIpc) is 3.08. The van der Waals surface area contributed by atoms with Crippen molar-refractivity contribution in [2.45, 2.75) is 51.2 Å². The third kappa shape index (κ3) is 3.57. The van der Waals surface area contributed by atoms with E-state index >= 15 is 0 Å². The topological polar surface area (TPSA) is 42.4 Å². The molecular formula is C17H24N2O2S. The highest BCUT2D eigenvalue weighted by molar-refractivity contribution is 7.99. The van der Waals surface area contributed by atoms with Gasteiger partial charge in [-0.1, -0.05) is 6.92 Å². The molecule has 0 aromatic carbocycles. The highest BCUT2D eigenvalue weighted by atomic mass is 32.2. The Morgan fingerprint density at radius 3 is 3.00 bits per heavy atom. The molecule has 0 N–H and O–H groups in total. The van der Waals surface area contributed by atoms with Gasteiger partial charge in [-0.25, -0.2) is 4.98 Å². The smallest absolute Gasteiger partial charge is 0.255 e. The van der Waals surface area contributed by atoms with E-state index in [1.54, 1.807) is 6.20 Å². The van der Waals surface area contributed by atoms with Crippen LogP contribution in [0.5, 0.6) is 5.88 Å². The van der Waals surface area contributed by atoms with E-state index in [4.69, 9.17) is 4.74 Å². The van der Waals surface area contributed by atoms with Gasteiger partial charge in [-0.3, -0.25) is 4.79 Å². The van der Waals surface area contributed by atoms with Crippen LogP contribution in [0.15, 0.2) is 18.3 Å². The summed E-state index contributed by atoms with van der Waals surface area (Å²) in [5.41, 5.74) is 0.675. The van der Waals surface area contributed by atoms with Crippen LogP contribution in [-0.4, -0.2) is 46.0 Å². The molecule has 1 aromatic rings. The zero-order valence-corrected chi connectivity index (χ0v) is 14.0. The number of ether oxygens (including phenoxy) is 1. The van der Waals surface area contributed by atoms with Crippen molar-refractivity contribution in [1.82, 2.24) is 9.88 Å². The standard InChI is InChI=1S/C17H24N2O2S/c1-2-14-5-3-4-9-19(14)17(20)13-6-7-16(18-11-13)21-15-8-10-22-12-15/h6-7,11,14-15H,2-5,8-10,12H2,1H3. The molecule has 0 aliphatic carbocycles. The van der Waals surface area contributed by atoms with Crippen molar-refractivity contribution in [1.29, 1.82) is 0 Å². The molecule has 2 saturated heterocycles. The molecule has 22 heavy (non-hydrogen) atoms. The maximum absolute atomic E-state index is 12.7. The minimum atomic E-state index is 0.113. The van der Waals surface area contributed by atoms with E-state index < -0.39 is 0 Å². The monoisotopic (exact) mass is 320 g/mol. The number of hydrogen-bond donors (Lipinski definition) is 0. The maximum Gasteiger partial charge on any atom is 0.255 e. The molecule has 0 bridgehead atoms.